The van der Waals surface area contributed by atoms with Gasteiger partial charge in [-0.05, 0) is 31.5 Å². The number of carbonyl (C=O) groups is 2. The van der Waals surface area contributed by atoms with Gasteiger partial charge in [-0.1, -0.05) is 42.4 Å². The standard InChI is InChI=1S/C19H19ClN2O2S/c1-4-15(24)10-25-19-16(9-21)18(13-5-7-14(20)8-6-13)17(12(3)23)11(2)22-19/h5-8,18,22H,4,10H2,1-3H3. The topological polar surface area (TPSA) is 70.0 Å². The number of Topliss-reactive ketones (excluding diaryl/α,β-unsaturated/α-hetero) is 2. The number of carbonyl (C=O) groups excluding carboxylic acids is 2. The molecule has 0 saturated heterocycles. The van der Waals surface area contributed by atoms with Crippen LogP contribution in [0, 0.1) is 11.3 Å². The highest BCUT2D eigenvalue weighted by atomic mass is 35.5. The van der Waals surface area contributed by atoms with E-state index in [1.54, 1.807) is 12.1 Å². The fraction of sp³-hybridized carbons (Fsp3) is 0.316. The lowest BCUT2D eigenvalue weighted by molar-refractivity contribution is -0.116. The molecule has 4 nitrogen and oxygen atoms in total. The van der Waals surface area contributed by atoms with Crippen LogP contribution in [0.1, 0.15) is 38.7 Å². The van der Waals surface area contributed by atoms with Crippen LogP contribution in [0.2, 0.25) is 5.02 Å². The average molecular weight is 375 g/mol. The third-order valence-corrected chi connectivity index (χ3v) is 5.33. The molecule has 25 heavy (non-hydrogen) atoms. The first-order chi connectivity index (χ1) is 11.9. The number of halogens is 1. The molecular formula is C19H19ClN2O2S. The second-order valence-corrected chi connectivity index (χ2v) is 7.16. The molecule has 1 aromatic carbocycles. The van der Waals surface area contributed by atoms with Gasteiger partial charge in [0.2, 0.25) is 0 Å². The zero-order valence-electron chi connectivity index (χ0n) is 14.4. The SMILES string of the molecule is CCC(=O)CSC1=C(C#N)C(c2ccc(Cl)cc2)C(C(C)=O)=C(C)N1. The van der Waals surface area contributed by atoms with Crippen LogP contribution in [-0.2, 0) is 9.59 Å². The fourth-order valence-electron chi connectivity index (χ4n) is 2.74. The zero-order chi connectivity index (χ0) is 18.6. The summed E-state index contributed by atoms with van der Waals surface area (Å²) >= 11 is 7.27. The monoisotopic (exact) mass is 374 g/mol. The first kappa shape index (κ1) is 19.3. The lowest BCUT2D eigenvalue weighted by Crippen LogP contribution is -2.27. The van der Waals surface area contributed by atoms with Crippen molar-refractivity contribution in [1.29, 1.82) is 5.26 Å². The number of allylic oxidation sites excluding steroid dienone is 3. The lowest BCUT2D eigenvalue weighted by Gasteiger charge is -2.29. The number of nitriles is 1. The summed E-state index contributed by atoms with van der Waals surface area (Å²) < 4.78 is 0. The van der Waals surface area contributed by atoms with E-state index in [2.05, 4.69) is 11.4 Å². The Morgan fingerprint density at radius 2 is 1.96 bits per heavy atom. The molecule has 0 aromatic heterocycles. The second kappa shape index (κ2) is 8.37. The normalized spacial score (nSPS) is 17.2. The number of dihydropyridines is 1. The van der Waals surface area contributed by atoms with Crippen LogP contribution in [0.25, 0.3) is 0 Å². The number of nitrogens with one attached hydrogen (secondary N) is 1. The molecule has 1 aliphatic rings. The van der Waals surface area contributed by atoms with Gasteiger partial charge in [0.15, 0.2) is 5.78 Å². The summed E-state index contributed by atoms with van der Waals surface area (Å²) in [5.41, 5.74) is 2.54. The molecule has 1 aliphatic heterocycles. The van der Waals surface area contributed by atoms with Crippen LogP contribution < -0.4 is 5.32 Å². The van der Waals surface area contributed by atoms with Crippen molar-refractivity contribution < 1.29 is 9.59 Å². The molecule has 1 heterocycles. The summed E-state index contributed by atoms with van der Waals surface area (Å²) in [6.45, 7) is 5.12. The summed E-state index contributed by atoms with van der Waals surface area (Å²) in [7, 11) is 0. The van der Waals surface area contributed by atoms with Crippen LogP contribution in [0.3, 0.4) is 0 Å². The van der Waals surface area contributed by atoms with Crippen LogP contribution >= 0.6 is 23.4 Å². The fourth-order valence-corrected chi connectivity index (χ4v) is 3.92. The molecule has 0 bridgehead atoms. The minimum absolute atomic E-state index is 0.0913. The van der Waals surface area contributed by atoms with E-state index in [-0.39, 0.29) is 11.6 Å². The van der Waals surface area contributed by atoms with Gasteiger partial charge in [-0.3, -0.25) is 9.59 Å². The number of thioether (sulfide) groups is 1. The molecule has 1 N–H and O–H groups in total. The maximum absolute atomic E-state index is 12.2. The minimum atomic E-state index is -0.458. The summed E-state index contributed by atoms with van der Waals surface area (Å²) in [5.74, 6) is -0.148. The van der Waals surface area contributed by atoms with Crippen molar-refractivity contribution in [3.63, 3.8) is 0 Å². The van der Waals surface area contributed by atoms with Crippen molar-refractivity contribution in [2.75, 3.05) is 5.75 Å². The Balaban J connectivity index is 2.53. The summed E-state index contributed by atoms with van der Waals surface area (Å²) in [6, 6.07) is 9.37. The molecule has 130 valence electrons. The Morgan fingerprint density at radius 3 is 2.48 bits per heavy atom. The molecule has 1 unspecified atom stereocenters. The van der Waals surface area contributed by atoms with Gasteiger partial charge in [0, 0.05) is 22.7 Å². The Bertz CT molecular complexity index is 804. The molecule has 0 aliphatic carbocycles. The van der Waals surface area contributed by atoms with Crippen LogP contribution in [0.4, 0.5) is 0 Å². The number of ketones is 2. The van der Waals surface area contributed by atoms with Crippen LogP contribution in [0.5, 0.6) is 0 Å². The first-order valence-electron chi connectivity index (χ1n) is 7.92. The predicted molar refractivity (Wildman–Crippen MR) is 101 cm³/mol. The molecule has 1 aromatic rings. The van der Waals surface area contributed by atoms with Gasteiger partial charge in [-0.2, -0.15) is 5.26 Å². The summed E-state index contributed by atoms with van der Waals surface area (Å²) in [6.07, 6.45) is 0.455. The summed E-state index contributed by atoms with van der Waals surface area (Å²) in [5, 5.41) is 14.1. The Morgan fingerprint density at radius 1 is 1.32 bits per heavy atom. The van der Waals surface area contributed by atoms with E-state index in [1.807, 2.05) is 26.0 Å². The minimum Gasteiger partial charge on any atom is -0.353 e. The third-order valence-electron chi connectivity index (χ3n) is 4.00. The van der Waals surface area contributed by atoms with Crippen molar-refractivity contribution >= 4 is 34.9 Å². The van der Waals surface area contributed by atoms with E-state index in [0.29, 0.717) is 39.1 Å². The van der Waals surface area contributed by atoms with E-state index >= 15 is 0 Å². The van der Waals surface area contributed by atoms with Gasteiger partial charge in [0.25, 0.3) is 0 Å². The van der Waals surface area contributed by atoms with Gasteiger partial charge in [0.1, 0.15) is 5.78 Å². The molecule has 2 rings (SSSR count). The van der Waals surface area contributed by atoms with Gasteiger partial charge in [-0.25, -0.2) is 0 Å². The quantitative estimate of drug-likeness (QED) is 0.802. The number of hydrogen-bond acceptors (Lipinski definition) is 5. The van der Waals surface area contributed by atoms with Crippen molar-refractivity contribution in [1.82, 2.24) is 5.32 Å². The highest BCUT2D eigenvalue weighted by Gasteiger charge is 2.33. The largest absolute Gasteiger partial charge is 0.353 e. The van der Waals surface area contributed by atoms with Crippen LogP contribution in [-0.4, -0.2) is 17.3 Å². The maximum atomic E-state index is 12.2. The number of benzene rings is 1. The lowest BCUT2D eigenvalue weighted by atomic mass is 9.81. The van der Waals surface area contributed by atoms with Gasteiger partial charge >= 0.3 is 0 Å². The Labute approximate surface area is 156 Å². The second-order valence-electron chi connectivity index (χ2n) is 5.74. The Kier molecular flexibility index (Phi) is 6.46. The van der Waals surface area contributed by atoms with Gasteiger partial charge in [-0.15, -0.1) is 0 Å². The molecule has 1 atom stereocenters. The van der Waals surface area contributed by atoms with Crippen molar-refractivity contribution in [3.05, 3.63) is 56.7 Å². The van der Waals surface area contributed by atoms with E-state index in [1.165, 1.54) is 18.7 Å². The molecule has 6 heteroatoms. The van der Waals surface area contributed by atoms with Crippen LogP contribution in [0.15, 0.2) is 46.1 Å². The van der Waals surface area contributed by atoms with E-state index in [0.717, 1.165) is 5.56 Å². The zero-order valence-corrected chi connectivity index (χ0v) is 15.9. The van der Waals surface area contributed by atoms with Crippen molar-refractivity contribution in [2.45, 2.75) is 33.1 Å². The first-order valence-corrected chi connectivity index (χ1v) is 9.28. The number of rotatable bonds is 6. The molecular weight excluding hydrogens is 356 g/mol. The molecule has 0 radical (unpaired) electrons. The Hall–Kier alpha value is -2.03. The van der Waals surface area contributed by atoms with E-state index in [9.17, 15) is 14.9 Å². The molecule has 0 spiro atoms. The van der Waals surface area contributed by atoms with E-state index < -0.39 is 5.92 Å². The molecule has 0 amide bonds. The average Bonchev–Trinajstić information content (AvgIpc) is 2.59. The highest BCUT2D eigenvalue weighted by Crippen LogP contribution is 2.41. The smallest absolute Gasteiger partial charge is 0.158 e. The molecule has 0 fully saturated rings. The number of hydrogen-bond donors (Lipinski definition) is 1. The van der Waals surface area contributed by atoms with Gasteiger partial charge < -0.3 is 5.32 Å². The number of nitrogens with zero attached hydrogens (tertiary/aromatic N) is 1. The predicted octanol–water partition coefficient (Wildman–Crippen LogP) is 4.34. The maximum Gasteiger partial charge on any atom is 0.158 e. The van der Waals surface area contributed by atoms with Crippen molar-refractivity contribution in [2.24, 2.45) is 0 Å². The van der Waals surface area contributed by atoms with E-state index in [4.69, 9.17) is 11.6 Å². The third kappa shape index (κ3) is 4.33. The summed E-state index contributed by atoms with van der Waals surface area (Å²) in [4.78, 5) is 23.9. The molecule has 0 saturated carbocycles. The highest BCUT2D eigenvalue weighted by molar-refractivity contribution is 8.03. The van der Waals surface area contributed by atoms with Crippen molar-refractivity contribution in [3.8, 4) is 6.07 Å². The van der Waals surface area contributed by atoms with Gasteiger partial charge in [0.05, 0.1) is 28.3 Å².